The molecule has 0 atom stereocenters. The lowest BCUT2D eigenvalue weighted by molar-refractivity contribution is -0.132. The van der Waals surface area contributed by atoms with Gasteiger partial charge in [-0.2, -0.15) is 4.98 Å². The van der Waals surface area contributed by atoms with Crippen LogP contribution in [-0.2, 0) is 4.79 Å². The zero-order valence-corrected chi connectivity index (χ0v) is 14.6. The van der Waals surface area contributed by atoms with Gasteiger partial charge in [0, 0.05) is 24.2 Å². The Morgan fingerprint density at radius 3 is 2.67 bits per heavy atom. The van der Waals surface area contributed by atoms with Gasteiger partial charge in [-0.05, 0) is 49.2 Å². The quantitative estimate of drug-likeness (QED) is 0.690. The third-order valence-corrected chi connectivity index (χ3v) is 4.43. The highest BCUT2D eigenvalue weighted by Crippen LogP contribution is 2.25. The van der Waals surface area contributed by atoms with Crippen LogP contribution < -0.4 is 4.74 Å². The second-order valence-corrected chi connectivity index (χ2v) is 6.33. The van der Waals surface area contributed by atoms with E-state index in [4.69, 9.17) is 9.26 Å². The summed E-state index contributed by atoms with van der Waals surface area (Å²) >= 11 is 0. The molecule has 0 unspecified atom stereocenters. The van der Waals surface area contributed by atoms with Crippen LogP contribution in [0.1, 0.15) is 12.8 Å². The van der Waals surface area contributed by atoms with Crippen LogP contribution in [0.4, 0.5) is 4.39 Å². The monoisotopic (exact) mass is 367 g/mol. The maximum absolute atomic E-state index is 13.0. The van der Waals surface area contributed by atoms with Gasteiger partial charge in [-0.3, -0.25) is 4.79 Å². The van der Waals surface area contributed by atoms with Crippen LogP contribution in [0, 0.1) is 5.82 Å². The van der Waals surface area contributed by atoms with E-state index >= 15 is 0 Å². The number of rotatable bonds is 5. The fourth-order valence-corrected chi connectivity index (χ4v) is 2.98. The summed E-state index contributed by atoms with van der Waals surface area (Å²) < 4.78 is 23.9. The Morgan fingerprint density at radius 2 is 1.89 bits per heavy atom. The van der Waals surface area contributed by atoms with E-state index in [9.17, 15) is 9.18 Å². The number of carbonyl (C=O) groups excluding carboxylic acids is 1. The number of likely N-dealkylation sites (tertiary alicyclic amines) is 1. The summed E-state index contributed by atoms with van der Waals surface area (Å²) in [6.07, 6.45) is 2.10. The van der Waals surface area contributed by atoms with Crippen LogP contribution in [0.15, 0.2) is 53.1 Å². The van der Waals surface area contributed by atoms with Gasteiger partial charge >= 0.3 is 0 Å². The molecule has 0 saturated carbocycles. The SMILES string of the molecule is O=C(COc1cccc(-c2noc(-c3ccc(F)cc3)n2)c1)N1CCCC1. The fraction of sp³-hybridized carbons (Fsp3) is 0.250. The molecule has 0 bridgehead atoms. The molecule has 3 aromatic rings. The second-order valence-electron chi connectivity index (χ2n) is 6.33. The van der Waals surface area contributed by atoms with E-state index in [2.05, 4.69) is 10.1 Å². The predicted octanol–water partition coefficient (Wildman–Crippen LogP) is 3.54. The number of ether oxygens (including phenoxy) is 1. The number of benzene rings is 2. The molecule has 0 aliphatic carbocycles. The maximum Gasteiger partial charge on any atom is 0.260 e. The summed E-state index contributed by atoms with van der Waals surface area (Å²) in [5.74, 6) is 0.933. The number of hydrogen-bond acceptors (Lipinski definition) is 5. The van der Waals surface area contributed by atoms with Crippen molar-refractivity contribution < 1.29 is 18.4 Å². The summed E-state index contributed by atoms with van der Waals surface area (Å²) in [5, 5.41) is 3.97. The van der Waals surface area contributed by atoms with Crippen LogP contribution in [0.25, 0.3) is 22.8 Å². The number of aromatic nitrogens is 2. The Morgan fingerprint density at radius 1 is 1.11 bits per heavy atom. The van der Waals surface area contributed by atoms with Gasteiger partial charge in [-0.1, -0.05) is 17.3 Å². The molecule has 1 aliphatic rings. The number of halogens is 1. The van der Waals surface area contributed by atoms with Crippen molar-refractivity contribution in [1.29, 1.82) is 0 Å². The van der Waals surface area contributed by atoms with E-state index in [0.29, 0.717) is 28.6 Å². The Bertz CT molecular complexity index is 934. The van der Waals surface area contributed by atoms with Gasteiger partial charge in [0.25, 0.3) is 11.8 Å². The highest BCUT2D eigenvalue weighted by Gasteiger charge is 2.18. The Hall–Kier alpha value is -3.22. The molecule has 1 saturated heterocycles. The highest BCUT2D eigenvalue weighted by molar-refractivity contribution is 5.78. The molecule has 0 N–H and O–H groups in total. The smallest absolute Gasteiger partial charge is 0.260 e. The number of hydrogen-bond donors (Lipinski definition) is 0. The molecular formula is C20H18FN3O3. The zero-order chi connectivity index (χ0) is 18.6. The van der Waals surface area contributed by atoms with E-state index in [0.717, 1.165) is 25.9 Å². The minimum atomic E-state index is -0.327. The van der Waals surface area contributed by atoms with Crippen LogP contribution >= 0.6 is 0 Å². The Labute approximate surface area is 155 Å². The lowest BCUT2D eigenvalue weighted by atomic mass is 10.2. The van der Waals surface area contributed by atoms with E-state index in [-0.39, 0.29) is 18.3 Å². The van der Waals surface area contributed by atoms with E-state index in [1.54, 1.807) is 30.3 Å². The first-order chi connectivity index (χ1) is 13.2. The summed E-state index contributed by atoms with van der Waals surface area (Å²) in [6.45, 7) is 1.62. The minimum absolute atomic E-state index is 0.00365. The highest BCUT2D eigenvalue weighted by atomic mass is 19.1. The molecule has 2 aromatic carbocycles. The fourth-order valence-electron chi connectivity index (χ4n) is 2.98. The molecule has 7 heteroatoms. The predicted molar refractivity (Wildman–Crippen MR) is 96.4 cm³/mol. The summed E-state index contributed by atoms with van der Waals surface area (Å²) in [5.41, 5.74) is 1.34. The third kappa shape index (κ3) is 3.97. The topological polar surface area (TPSA) is 68.5 Å². The number of carbonyl (C=O) groups is 1. The van der Waals surface area contributed by atoms with Gasteiger partial charge in [0.2, 0.25) is 5.82 Å². The molecule has 1 amide bonds. The van der Waals surface area contributed by atoms with Gasteiger partial charge in [0.15, 0.2) is 6.61 Å². The van der Waals surface area contributed by atoms with Crippen molar-refractivity contribution in [2.75, 3.05) is 19.7 Å². The average molecular weight is 367 g/mol. The summed E-state index contributed by atoms with van der Waals surface area (Å²) in [4.78, 5) is 18.3. The average Bonchev–Trinajstić information content (AvgIpc) is 3.39. The van der Waals surface area contributed by atoms with Crippen molar-refractivity contribution in [3.05, 3.63) is 54.3 Å². The first-order valence-corrected chi connectivity index (χ1v) is 8.80. The van der Waals surface area contributed by atoms with Crippen molar-refractivity contribution >= 4 is 5.91 Å². The van der Waals surface area contributed by atoms with E-state index in [1.807, 2.05) is 11.0 Å². The van der Waals surface area contributed by atoms with Crippen molar-refractivity contribution in [1.82, 2.24) is 15.0 Å². The second kappa shape index (κ2) is 7.57. The molecule has 27 heavy (non-hydrogen) atoms. The largest absolute Gasteiger partial charge is 0.484 e. The zero-order valence-electron chi connectivity index (χ0n) is 14.6. The Balaban J connectivity index is 1.46. The van der Waals surface area contributed by atoms with Crippen LogP contribution in [-0.4, -0.2) is 40.6 Å². The summed E-state index contributed by atoms with van der Waals surface area (Å²) in [6, 6.07) is 13.0. The molecule has 1 fully saturated rings. The molecule has 4 rings (SSSR count). The molecule has 0 radical (unpaired) electrons. The summed E-state index contributed by atoms with van der Waals surface area (Å²) in [7, 11) is 0. The van der Waals surface area contributed by atoms with Crippen molar-refractivity contribution in [2.45, 2.75) is 12.8 Å². The Kier molecular flexibility index (Phi) is 4.82. The van der Waals surface area contributed by atoms with E-state index < -0.39 is 0 Å². The van der Waals surface area contributed by atoms with Gasteiger partial charge in [-0.25, -0.2) is 4.39 Å². The normalized spacial score (nSPS) is 13.7. The van der Waals surface area contributed by atoms with Crippen molar-refractivity contribution in [2.24, 2.45) is 0 Å². The van der Waals surface area contributed by atoms with E-state index in [1.165, 1.54) is 12.1 Å². The maximum atomic E-state index is 13.0. The minimum Gasteiger partial charge on any atom is -0.484 e. The van der Waals surface area contributed by atoms with Gasteiger partial charge in [-0.15, -0.1) is 0 Å². The standard InChI is InChI=1S/C20H18FN3O3/c21-16-8-6-14(7-9-16)20-22-19(23-27-20)15-4-3-5-17(12-15)26-13-18(25)24-10-1-2-11-24/h3-9,12H,1-2,10-11,13H2. The lowest BCUT2D eigenvalue weighted by Crippen LogP contribution is -2.32. The molecular weight excluding hydrogens is 349 g/mol. The van der Waals surface area contributed by atoms with Gasteiger partial charge in [0.05, 0.1) is 0 Å². The molecule has 138 valence electrons. The number of amides is 1. The first-order valence-electron chi connectivity index (χ1n) is 8.80. The van der Waals surface area contributed by atoms with Crippen LogP contribution in [0.2, 0.25) is 0 Å². The number of nitrogens with zero attached hydrogens (tertiary/aromatic N) is 3. The third-order valence-electron chi connectivity index (χ3n) is 4.43. The van der Waals surface area contributed by atoms with Gasteiger partial charge < -0.3 is 14.2 Å². The van der Waals surface area contributed by atoms with Crippen LogP contribution in [0.5, 0.6) is 5.75 Å². The molecule has 1 aromatic heterocycles. The molecule has 6 nitrogen and oxygen atoms in total. The van der Waals surface area contributed by atoms with Crippen LogP contribution in [0.3, 0.4) is 0 Å². The van der Waals surface area contributed by atoms with Crippen molar-refractivity contribution in [3.63, 3.8) is 0 Å². The van der Waals surface area contributed by atoms with Crippen molar-refractivity contribution in [3.8, 4) is 28.6 Å². The van der Waals surface area contributed by atoms with Gasteiger partial charge in [0.1, 0.15) is 11.6 Å². The molecule has 1 aliphatic heterocycles. The molecule has 0 spiro atoms. The lowest BCUT2D eigenvalue weighted by Gasteiger charge is -2.15. The molecule has 2 heterocycles. The first kappa shape index (κ1) is 17.2.